The monoisotopic (exact) mass is 242 g/mol. The Kier molecular flexibility index (Phi) is 2.60. The quantitative estimate of drug-likeness (QED) is 0.522. The second-order valence-corrected chi connectivity index (χ2v) is 4.12. The molecule has 2 heterocycles. The summed E-state index contributed by atoms with van der Waals surface area (Å²) in [5.74, 6) is 0.759. The number of H-pyrrole nitrogens is 2. The predicted octanol–water partition coefficient (Wildman–Crippen LogP) is 1.52. The van der Waals surface area contributed by atoms with Crippen molar-refractivity contribution in [1.82, 2.24) is 19.9 Å². The van der Waals surface area contributed by atoms with Crippen LogP contribution < -0.4 is 11.1 Å². The number of hydrogen-bond donors (Lipinski definition) is 4. The minimum absolute atomic E-state index is 0.732. The lowest BCUT2D eigenvalue weighted by molar-refractivity contribution is 0.963. The summed E-state index contributed by atoms with van der Waals surface area (Å²) in [5.41, 5.74) is 9.40. The van der Waals surface area contributed by atoms with Gasteiger partial charge in [0.05, 0.1) is 17.4 Å². The first-order valence-electron chi connectivity index (χ1n) is 5.77. The van der Waals surface area contributed by atoms with Gasteiger partial charge in [0.15, 0.2) is 0 Å². The standard InChI is InChI=1S/C12H14N6/c13-8-1-2-10-11(5-8)18-12(17-10)15-4-3-9-6-14-7-16-9/h1-2,5-7H,3-4,13H2,(H,14,16)(H2,15,17,18). The van der Waals surface area contributed by atoms with Crippen LogP contribution in [0.5, 0.6) is 0 Å². The Morgan fingerprint density at radius 3 is 3.11 bits per heavy atom. The van der Waals surface area contributed by atoms with Gasteiger partial charge in [-0.25, -0.2) is 9.97 Å². The molecule has 5 N–H and O–H groups in total. The van der Waals surface area contributed by atoms with Gasteiger partial charge in [0.2, 0.25) is 5.95 Å². The number of imidazole rings is 2. The minimum atomic E-state index is 0.732. The third-order valence-corrected chi connectivity index (χ3v) is 2.75. The van der Waals surface area contributed by atoms with Crippen LogP contribution >= 0.6 is 0 Å². The van der Waals surface area contributed by atoms with E-state index in [4.69, 9.17) is 5.73 Å². The number of aromatic nitrogens is 4. The van der Waals surface area contributed by atoms with Gasteiger partial charge >= 0.3 is 0 Å². The van der Waals surface area contributed by atoms with Gasteiger partial charge < -0.3 is 21.0 Å². The highest BCUT2D eigenvalue weighted by Gasteiger charge is 2.02. The van der Waals surface area contributed by atoms with E-state index in [2.05, 4.69) is 25.3 Å². The van der Waals surface area contributed by atoms with Crippen LogP contribution in [0.3, 0.4) is 0 Å². The second-order valence-electron chi connectivity index (χ2n) is 4.12. The van der Waals surface area contributed by atoms with Gasteiger partial charge in [0, 0.05) is 30.5 Å². The second kappa shape index (κ2) is 4.40. The highest BCUT2D eigenvalue weighted by molar-refractivity contribution is 5.80. The molecule has 2 aromatic heterocycles. The first kappa shape index (κ1) is 10.6. The van der Waals surface area contributed by atoms with Crippen molar-refractivity contribution in [3.05, 3.63) is 36.4 Å². The Hall–Kier alpha value is -2.50. The molecule has 3 aromatic rings. The van der Waals surface area contributed by atoms with Gasteiger partial charge in [0.25, 0.3) is 0 Å². The average molecular weight is 242 g/mol. The average Bonchev–Trinajstić information content (AvgIpc) is 2.97. The van der Waals surface area contributed by atoms with Crippen LogP contribution in [0.1, 0.15) is 5.69 Å². The maximum atomic E-state index is 5.72. The van der Waals surface area contributed by atoms with Gasteiger partial charge in [-0.2, -0.15) is 0 Å². The molecule has 3 rings (SSSR count). The van der Waals surface area contributed by atoms with Crippen molar-refractivity contribution >= 4 is 22.7 Å². The SMILES string of the molecule is Nc1ccc2nc(NCCc3cnc[nH]3)[nH]c2c1. The van der Waals surface area contributed by atoms with Crippen molar-refractivity contribution in [2.24, 2.45) is 0 Å². The number of hydrogen-bond acceptors (Lipinski definition) is 4. The zero-order valence-corrected chi connectivity index (χ0v) is 9.77. The molecule has 18 heavy (non-hydrogen) atoms. The summed E-state index contributed by atoms with van der Waals surface area (Å²) in [6.07, 6.45) is 4.37. The number of benzene rings is 1. The number of aromatic amines is 2. The van der Waals surface area contributed by atoms with Crippen LogP contribution in [0.15, 0.2) is 30.7 Å². The van der Waals surface area contributed by atoms with E-state index in [-0.39, 0.29) is 0 Å². The molecule has 0 radical (unpaired) electrons. The lowest BCUT2D eigenvalue weighted by Gasteiger charge is -2.00. The lowest BCUT2D eigenvalue weighted by atomic mass is 10.3. The molecule has 0 aliphatic rings. The normalized spacial score (nSPS) is 10.9. The molecular formula is C12H14N6. The molecule has 0 unspecified atom stereocenters. The number of nitrogens with zero attached hydrogens (tertiary/aromatic N) is 2. The molecule has 0 fully saturated rings. The fourth-order valence-electron chi connectivity index (χ4n) is 1.85. The van der Waals surface area contributed by atoms with E-state index < -0.39 is 0 Å². The largest absolute Gasteiger partial charge is 0.399 e. The van der Waals surface area contributed by atoms with Crippen LogP contribution in [-0.2, 0) is 6.42 Å². The molecule has 0 amide bonds. The van der Waals surface area contributed by atoms with Crippen molar-refractivity contribution in [2.45, 2.75) is 6.42 Å². The molecule has 6 nitrogen and oxygen atoms in total. The lowest BCUT2D eigenvalue weighted by Crippen LogP contribution is -2.06. The molecule has 0 bridgehead atoms. The summed E-state index contributed by atoms with van der Waals surface area (Å²) >= 11 is 0. The van der Waals surface area contributed by atoms with Crippen LogP contribution in [0.2, 0.25) is 0 Å². The smallest absolute Gasteiger partial charge is 0.201 e. The molecule has 1 aromatic carbocycles. The van der Waals surface area contributed by atoms with Gasteiger partial charge in [-0.1, -0.05) is 0 Å². The molecule has 6 heteroatoms. The van der Waals surface area contributed by atoms with Crippen LogP contribution in [0.4, 0.5) is 11.6 Å². The molecule has 0 spiro atoms. The van der Waals surface area contributed by atoms with E-state index in [1.807, 2.05) is 24.4 Å². The third kappa shape index (κ3) is 2.13. The van der Waals surface area contributed by atoms with Gasteiger partial charge in [0.1, 0.15) is 0 Å². The van der Waals surface area contributed by atoms with Crippen molar-refractivity contribution in [1.29, 1.82) is 0 Å². The Labute approximate surface area is 104 Å². The predicted molar refractivity (Wildman–Crippen MR) is 71.3 cm³/mol. The summed E-state index contributed by atoms with van der Waals surface area (Å²) in [7, 11) is 0. The Morgan fingerprint density at radius 1 is 1.33 bits per heavy atom. The first-order chi connectivity index (χ1) is 8.81. The number of nitrogen functional groups attached to an aromatic ring is 1. The van der Waals surface area contributed by atoms with E-state index in [1.165, 1.54) is 0 Å². The summed E-state index contributed by atoms with van der Waals surface area (Å²) in [4.78, 5) is 14.6. The molecule has 0 aliphatic carbocycles. The van der Waals surface area contributed by atoms with Crippen molar-refractivity contribution < 1.29 is 0 Å². The molecule has 0 aliphatic heterocycles. The number of anilines is 2. The van der Waals surface area contributed by atoms with E-state index >= 15 is 0 Å². The Morgan fingerprint density at radius 2 is 2.28 bits per heavy atom. The van der Waals surface area contributed by atoms with Gasteiger partial charge in [-0.05, 0) is 18.2 Å². The fraction of sp³-hybridized carbons (Fsp3) is 0.167. The van der Waals surface area contributed by atoms with E-state index in [0.29, 0.717) is 0 Å². The molecule has 0 saturated carbocycles. The summed E-state index contributed by atoms with van der Waals surface area (Å²) in [6.45, 7) is 0.789. The van der Waals surface area contributed by atoms with Crippen LogP contribution in [-0.4, -0.2) is 26.5 Å². The zero-order chi connectivity index (χ0) is 12.4. The zero-order valence-electron chi connectivity index (χ0n) is 9.77. The van der Waals surface area contributed by atoms with Crippen molar-refractivity contribution in [3.63, 3.8) is 0 Å². The molecular weight excluding hydrogens is 228 g/mol. The van der Waals surface area contributed by atoms with Gasteiger partial charge in [-0.3, -0.25) is 0 Å². The number of nitrogens with one attached hydrogen (secondary N) is 3. The molecule has 0 saturated heterocycles. The number of fused-ring (bicyclic) bond motifs is 1. The highest BCUT2D eigenvalue weighted by atomic mass is 15.1. The summed E-state index contributed by atoms with van der Waals surface area (Å²) in [5, 5.41) is 3.24. The van der Waals surface area contributed by atoms with Crippen LogP contribution in [0.25, 0.3) is 11.0 Å². The number of nitrogens with two attached hydrogens (primary N) is 1. The molecule has 92 valence electrons. The third-order valence-electron chi connectivity index (χ3n) is 2.75. The molecule has 0 atom stereocenters. The first-order valence-corrected chi connectivity index (χ1v) is 5.77. The number of rotatable bonds is 4. The van der Waals surface area contributed by atoms with Crippen molar-refractivity contribution in [3.8, 4) is 0 Å². The Balaban J connectivity index is 1.67. The fourth-order valence-corrected chi connectivity index (χ4v) is 1.85. The topological polar surface area (TPSA) is 95.4 Å². The Bertz CT molecular complexity index is 640. The summed E-state index contributed by atoms with van der Waals surface area (Å²) in [6, 6.07) is 5.63. The highest BCUT2D eigenvalue weighted by Crippen LogP contribution is 2.16. The maximum absolute atomic E-state index is 5.72. The van der Waals surface area contributed by atoms with Gasteiger partial charge in [-0.15, -0.1) is 0 Å². The van der Waals surface area contributed by atoms with Crippen LogP contribution in [0, 0.1) is 0 Å². The minimum Gasteiger partial charge on any atom is -0.399 e. The summed E-state index contributed by atoms with van der Waals surface area (Å²) < 4.78 is 0. The van der Waals surface area contributed by atoms with E-state index in [9.17, 15) is 0 Å². The van der Waals surface area contributed by atoms with Crippen molar-refractivity contribution in [2.75, 3.05) is 17.6 Å². The van der Waals surface area contributed by atoms with E-state index in [1.54, 1.807) is 6.33 Å². The van der Waals surface area contributed by atoms with E-state index in [0.717, 1.165) is 41.3 Å². The maximum Gasteiger partial charge on any atom is 0.201 e.